The molecule has 8 heteroatoms. The van der Waals surface area contributed by atoms with E-state index in [2.05, 4.69) is 32.0 Å². The van der Waals surface area contributed by atoms with Crippen LogP contribution in [0.3, 0.4) is 0 Å². The predicted molar refractivity (Wildman–Crippen MR) is 138 cm³/mol. The molecule has 0 aromatic rings. The zero-order valence-corrected chi connectivity index (χ0v) is 21.4. The summed E-state index contributed by atoms with van der Waals surface area (Å²) in [4.78, 5) is 39.5. The molecule has 0 spiro atoms. The number of carbonyl (C=O) groups excluding carboxylic acids is 2. The Bertz CT molecular complexity index is 1000. The van der Waals surface area contributed by atoms with Gasteiger partial charge < -0.3 is 15.1 Å². The Kier molecular flexibility index (Phi) is 8.61. The van der Waals surface area contributed by atoms with Crippen LogP contribution in [0.5, 0.6) is 0 Å². The number of hydrogen-bond acceptors (Lipinski definition) is 7. The van der Waals surface area contributed by atoms with Gasteiger partial charge in [-0.25, -0.2) is 0 Å². The average molecular weight is 467 g/mol. The maximum atomic E-state index is 12.5. The van der Waals surface area contributed by atoms with Crippen molar-refractivity contribution in [1.82, 2.24) is 20.0 Å². The highest BCUT2D eigenvalue weighted by molar-refractivity contribution is 6.29. The quantitative estimate of drug-likeness (QED) is 0.593. The number of aliphatic imine (C=N–C) groups is 2. The van der Waals surface area contributed by atoms with E-state index in [1.807, 2.05) is 25.2 Å². The number of allylic oxidation sites excluding steroid dienone is 7. The Balaban J connectivity index is 1.49. The standard InChI is InChI=1S/C26H38N6O2/c1-18(33)16-21-17-24(20(3)29-21)32-14-12-31(13-15-32)11-10-28-19(2)22-8-7-9-23(25(22)27-4)26(34)30(5)6/h7-9,28H,10-17H2,1-6H3/b22-19+,27-25+. The fourth-order valence-electron chi connectivity index (χ4n) is 4.63. The van der Waals surface area contributed by atoms with Gasteiger partial charge in [-0.1, -0.05) is 12.2 Å². The van der Waals surface area contributed by atoms with Crippen LogP contribution < -0.4 is 5.32 Å². The Morgan fingerprint density at radius 3 is 2.50 bits per heavy atom. The SMILES string of the molecule is C/N=C1/C(C(=O)N(C)C)=CC=C/C1=C(/C)NCCN1CCN(C2=C(C)N=C(CC(C)=O)C2)CC1. The number of Topliss-reactive ketones (excluding diaryl/α,β-unsaturated/α-hetero) is 1. The van der Waals surface area contributed by atoms with E-state index in [0.29, 0.717) is 12.0 Å². The predicted octanol–water partition coefficient (Wildman–Crippen LogP) is 2.18. The van der Waals surface area contributed by atoms with Gasteiger partial charge in [0.2, 0.25) is 0 Å². The Hall–Kier alpha value is -3.00. The van der Waals surface area contributed by atoms with Crippen LogP contribution in [0.1, 0.15) is 33.6 Å². The van der Waals surface area contributed by atoms with E-state index in [4.69, 9.17) is 0 Å². The molecule has 3 aliphatic rings. The topological polar surface area (TPSA) is 80.6 Å². The number of nitrogens with zero attached hydrogens (tertiary/aromatic N) is 5. The molecular weight excluding hydrogens is 428 g/mol. The molecule has 184 valence electrons. The lowest BCUT2D eigenvalue weighted by Crippen LogP contribution is -2.47. The Labute approximate surface area is 203 Å². The van der Waals surface area contributed by atoms with E-state index >= 15 is 0 Å². The van der Waals surface area contributed by atoms with Crippen LogP contribution in [0, 0.1) is 0 Å². The first-order valence-corrected chi connectivity index (χ1v) is 12.0. The summed E-state index contributed by atoms with van der Waals surface area (Å²) in [6.07, 6.45) is 7.02. The third-order valence-corrected chi connectivity index (χ3v) is 6.44. The molecular formula is C26H38N6O2. The second kappa shape index (κ2) is 11.4. The summed E-state index contributed by atoms with van der Waals surface area (Å²) >= 11 is 0. The maximum absolute atomic E-state index is 12.5. The van der Waals surface area contributed by atoms with E-state index in [9.17, 15) is 9.59 Å². The fourth-order valence-corrected chi connectivity index (χ4v) is 4.63. The van der Waals surface area contributed by atoms with E-state index in [-0.39, 0.29) is 11.7 Å². The summed E-state index contributed by atoms with van der Waals surface area (Å²) in [6, 6.07) is 0. The van der Waals surface area contributed by atoms with Crippen LogP contribution >= 0.6 is 0 Å². The Morgan fingerprint density at radius 2 is 1.88 bits per heavy atom. The Morgan fingerprint density at radius 1 is 1.18 bits per heavy atom. The minimum atomic E-state index is -0.0421. The maximum Gasteiger partial charge on any atom is 0.255 e. The highest BCUT2D eigenvalue weighted by Crippen LogP contribution is 2.25. The molecule has 34 heavy (non-hydrogen) atoms. The highest BCUT2D eigenvalue weighted by Gasteiger charge is 2.25. The summed E-state index contributed by atoms with van der Waals surface area (Å²) in [6.45, 7) is 11.5. The van der Waals surface area contributed by atoms with Gasteiger partial charge in [-0.3, -0.25) is 24.5 Å². The van der Waals surface area contributed by atoms with Crippen LogP contribution in [0.15, 0.2) is 56.5 Å². The van der Waals surface area contributed by atoms with Crippen molar-refractivity contribution in [1.29, 1.82) is 0 Å². The molecule has 1 aliphatic carbocycles. The molecule has 1 fully saturated rings. The number of likely N-dealkylation sites (N-methyl/N-ethyl adjacent to an activating group) is 1. The summed E-state index contributed by atoms with van der Waals surface area (Å²) in [7, 11) is 5.24. The van der Waals surface area contributed by atoms with Crippen molar-refractivity contribution in [3.63, 3.8) is 0 Å². The number of ketones is 1. The van der Waals surface area contributed by atoms with Crippen LogP contribution in [-0.4, -0.2) is 98.2 Å². The second-order valence-corrected chi connectivity index (χ2v) is 9.27. The van der Waals surface area contributed by atoms with Crippen LogP contribution in [0.2, 0.25) is 0 Å². The molecule has 1 N–H and O–H groups in total. The second-order valence-electron chi connectivity index (χ2n) is 9.27. The minimum absolute atomic E-state index is 0.0421. The van der Waals surface area contributed by atoms with Gasteiger partial charge in [0.1, 0.15) is 5.78 Å². The third kappa shape index (κ3) is 6.11. The molecule has 0 unspecified atom stereocenters. The molecule has 3 rings (SSSR count). The summed E-state index contributed by atoms with van der Waals surface area (Å²) in [5, 5.41) is 3.53. The molecule has 0 atom stereocenters. The fraction of sp³-hybridized carbons (Fsp3) is 0.538. The zero-order chi connectivity index (χ0) is 24.8. The normalized spacial score (nSPS) is 21.6. The van der Waals surface area contributed by atoms with Crippen molar-refractivity contribution >= 4 is 23.1 Å². The highest BCUT2D eigenvalue weighted by atomic mass is 16.2. The zero-order valence-electron chi connectivity index (χ0n) is 21.4. The van der Waals surface area contributed by atoms with E-state index < -0.39 is 0 Å². The number of carbonyl (C=O) groups is 2. The smallest absolute Gasteiger partial charge is 0.255 e. The molecule has 0 aromatic carbocycles. The van der Waals surface area contributed by atoms with Gasteiger partial charge in [0.25, 0.3) is 5.91 Å². The molecule has 8 nitrogen and oxygen atoms in total. The molecule has 0 saturated carbocycles. The van der Waals surface area contributed by atoms with E-state index in [1.54, 1.807) is 33.0 Å². The van der Waals surface area contributed by atoms with Crippen molar-refractivity contribution in [2.75, 3.05) is 60.4 Å². The first-order valence-electron chi connectivity index (χ1n) is 12.0. The lowest BCUT2D eigenvalue weighted by molar-refractivity contribution is -0.124. The molecule has 1 amide bonds. The van der Waals surface area contributed by atoms with Gasteiger partial charge in [-0.2, -0.15) is 0 Å². The monoisotopic (exact) mass is 466 g/mol. The van der Waals surface area contributed by atoms with Crippen molar-refractivity contribution < 1.29 is 9.59 Å². The number of rotatable bonds is 8. The lowest BCUT2D eigenvalue weighted by atomic mass is 9.94. The van der Waals surface area contributed by atoms with Crippen LogP contribution in [-0.2, 0) is 9.59 Å². The molecule has 1 saturated heterocycles. The van der Waals surface area contributed by atoms with Gasteiger partial charge in [0, 0.05) is 95.9 Å². The van der Waals surface area contributed by atoms with Gasteiger partial charge in [-0.05, 0) is 26.8 Å². The average Bonchev–Trinajstić information content (AvgIpc) is 3.17. The van der Waals surface area contributed by atoms with Gasteiger partial charge >= 0.3 is 0 Å². The van der Waals surface area contributed by atoms with Crippen molar-refractivity contribution in [2.45, 2.75) is 33.6 Å². The molecule has 0 aromatic heterocycles. The lowest BCUT2D eigenvalue weighted by Gasteiger charge is -2.37. The first kappa shape index (κ1) is 25.6. The third-order valence-electron chi connectivity index (χ3n) is 6.44. The van der Waals surface area contributed by atoms with E-state index in [0.717, 1.165) is 74.1 Å². The first-order chi connectivity index (χ1) is 16.2. The van der Waals surface area contributed by atoms with Gasteiger partial charge in [0.05, 0.1) is 17.0 Å². The van der Waals surface area contributed by atoms with Crippen LogP contribution in [0.25, 0.3) is 0 Å². The number of nitrogens with one attached hydrogen (secondary N) is 1. The summed E-state index contributed by atoms with van der Waals surface area (Å²) < 4.78 is 0. The van der Waals surface area contributed by atoms with Crippen molar-refractivity contribution in [3.05, 3.63) is 46.5 Å². The summed E-state index contributed by atoms with van der Waals surface area (Å²) in [5.74, 6) is 0.132. The number of amides is 1. The minimum Gasteiger partial charge on any atom is -0.387 e. The van der Waals surface area contributed by atoms with E-state index in [1.165, 1.54) is 5.70 Å². The molecule has 2 heterocycles. The van der Waals surface area contributed by atoms with Crippen molar-refractivity contribution in [2.24, 2.45) is 9.98 Å². The van der Waals surface area contributed by atoms with Crippen molar-refractivity contribution in [3.8, 4) is 0 Å². The van der Waals surface area contributed by atoms with Gasteiger partial charge in [-0.15, -0.1) is 0 Å². The molecule has 2 aliphatic heterocycles. The number of piperazine rings is 1. The molecule has 0 radical (unpaired) electrons. The largest absolute Gasteiger partial charge is 0.387 e. The number of hydrogen-bond donors (Lipinski definition) is 1. The summed E-state index contributed by atoms with van der Waals surface area (Å²) in [5.41, 5.74) is 6.66. The van der Waals surface area contributed by atoms with Crippen LogP contribution in [0.4, 0.5) is 0 Å². The molecule has 0 bridgehead atoms. The van der Waals surface area contributed by atoms with Gasteiger partial charge in [0.15, 0.2) is 0 Å².